The fourth-order valence-electron chi connectivity index (χ4n) is 5.40. The summed E-state index contributed by atoms with van der Waals surface area (Å²) in [5.41, 5.74) is 9.82. The summed E-state index contributed by atoms with van der Waals surface area (Å²) in [4.78, 5) is 2.32. The van der Waals surface area contributed by atoms with Gasteiger partial charge >= 0.3 is 0 Å². The Morgan fingerprint density at radius 3 is 2.00 bits per heavy atom. The van der Waals surface area contributed by atoms with E-state index in [1.165, 1.54) is 16.7 Å². The number of benzene rings is 4. The van der Waals surface area contributed by atoms with E-state index in [9.17, 15) is 0 Å². The molecular formula is C32H33N. The van der Waals surface area contributed by atoms with Gasteiger partial charge in [-0.1, -0.05) is 80.6 Å². The molecule has 0 aromatic heterocycles. The lowest BCUT2D eigenvalue weighted by molar-refractivity contribution is 0.660. The number of hydrogen-bond acceptors (Lipinski definition) is 1. The van der Waals surface area contributed by atoms with Gasteiger partial charge in [-0.25, -0.2) is 0 Å². The lowest BCUT2D eigenvalue weighted by Crippen LogP contribution is -2.26. The topological polar surface area (TPSA) is 3.24 Å². The third-order valence-corrected chi connectivity index (χ3v) is 7.07. The fraction of sp³-hybridized carbons (Fsp3) is 0.250. The van der Waals surface area contributed by atoms with Crippen molar-refractivity contribution in [1.82, 2.24) is 0 Å². The number of para-hydroxylation sites is 2. The minimum absolute atomic E-state index is 0.178. The molecule has 0 amide bonds. The first-order valence-corrected chi connectivity index (χ1v) is 11.7. The predicted octanol–water partition coefficient (Wildman–Crippen LogP) is 8.82. The summed E-state index contributed by atoms with van der Waals surface area (Å²) in [7, 11) is 0. The van der Waals surface area contributed by atoms with Gasteiger partial charge in [0.2, 0.25) is 0 Å². The quantitative estimate of drug-likeness (QED) is 0.310. The van der Waals surface area contributed by atoms with Gasteiger partial charge in [0.15, 0.2) is 0 Å². The van der Waals surface area contributed by atoms with Crippen LogP contribution in [-0.2, 0) is 5.41 Å². The van der Waals surface area contributed by atoms with Crippen LogP contribution in [0.4, 0.5) is 11.4 Å². The molecule has 0 atom stereocenters. The Morgan fingerprint density at radius 1 is 0.667 bits per heavy atom. The smallest absolute Gasteiger partial charge is 0.0493 e. The lowest BCUT2D eigenvalue weighted by Gasteiger charge is -2.33. The van der Waals surface area contributed by atoms with E-state index in [0.717, 1.165) is 33.6 Å². The molecule has 166 valence electrons. The van der Waals surface area contributed by atoms with E-state index in [1.54, 1.807) is 0 Å². The molecule has 0 bridgehead atoms. The summed E-state index contributed by atoms with van der Waals surface area (Å²) in [5.74, 6) is 0. The van der Waals surface area contributed by atoms with E-state index in [1.807, 2.05) is 18.2 Å². The maximum Gasteiger partial charge on any atom is 0.0493 e. The first-order chi connectivity index (χ1) is 17.0. The number of hydrogen-bond donors (Lipinski definition) is 0. The van der Waals surface area contributed by atoms with Crippen LogP contribution in [0.2, 0.25) is 0 Å². The molecule has 1 heteroatoms. The summed E-state index contributed by atoms with van der Waals surface area (Å²) in [5, 5.41) is 0. The summed E-state index contributed by atoms with van der Waals surface area (Å²) in [6.07, 6.45) is 0. The van der Waals surface area contributed by atoms with Crippen molar-refractivity contribution in [3.8, 4) is 22.3 Å². The molecule has 1 aliphatic rings. The number of aryl methyl sites for hydroxylation is 2. The summed E-state index contributed by atoms with van der Waals surface area (Å²) in [6.45, 7) is 8.61. The molecule has 4 aromatic rings. The van der Waals surface area contributed by atoms with Gasteiger partial charge in [0.1, 0.15) is 0 Å². The highest BCUT2D eigenvalue weighted by molar-refractivity contribution is 5.90. The molecule has 4 aromatic carbocycles. The van der Waals surface area contributed by atoms with E-state index >= 15 is 0 Å². The van der Waals surface area contributed by atoms with Crippen LogP contribution in [0.1, 0.15) is 54.1 Å². The molecule has 0 heterocycles. The van der Waals surface area contributed by atoms with Crippen molar-refractivity contribution < 1.29 is 4.11 Å². The van der Waals surface area contributed by atoms with Crippen molar-refractivity contribution in [3.05, 3.63) is 107 Å². The molecule has 1 nitrogen and oxygen atoms in total. The van der Waals surface area contributed by atoms with Gasteiger partial charge in [-0.2, -0.15) is 0 Å². The SMILES string of the molecule is [2H]C([2H])([2H])c1cc2c(cc1-c1ccccc1N(c1ccccc1C)C(C)C)-c1ccccc1C2(C)C. The van der Waals surface area contributed by atoms with Crippen LogP contribution in [0.25, 0.3) is 22.3 Å². The van der Waals surface area contributed by atoms with Gasteiger partial charge in [-0.05, 0) is 84.8 Å². The Balaban J connectivity index is 1.81. The van der Waals surface area contributed by atoms with E-state index in [4.69, 9.17) is 4.11 Å². The number of fused-ring (bicyclic) bond motifs is 3. The number of nitrogens with zero attached hydrogens (tertiary/aromatic N) is 1. The molecule has 0 aliphatic heterocycles. The van der Waals surface area contributed by atoms with Crippen LogP contribution >= 0.6 is 0 Å². The fourth-order valence-corrected chi connectivity index (χ4v) is 5.40. The first-order valence-electron chi connectivity index (χ1n) is 13.2. The highest BCUT2D eigenvalue weighted by atomic mass is 15.2. The molecule has 0 fully saturated rings. The van der Waals surface area contributed by atoms with Crippen molar-refractivity contribution in [3.63, 3.8) is 0 Å². The van der Waals surface area contributed by atoms with Gasteiger partial charge < -0.3 is 4.90 Å². The van der Waals surface area contributed by atoms with Crippen molar-refractivity contribution in [1.29, 1.82) is 0 Å². The Hall–Kier alpha value is -3.32. The van der Waals surface area contributed by atoms with Crippen molar-refractivity contribution in [2.45, 2.75) is 52.9 Å². The van der Waals surface area contributed by atoms with Crippen LogP contribution in [0.3, 0.4) is 0 Å². The summed E-state index contributed by atoms with van der Waals surface area (Å²) < 4.78 is 25.5. The average Bonchev–Trinajstić information content (AvgIpc) is 3.06. The standard InChI is InChI=1S/C32H33N/c1-21(2)33(30-17-11-7-13-22(30)3)31-18-12-9-15-25(31)26-20-27-24-14-8-10-16-28(24)32(5,6)29(27)19-23(26)4/h7-21H,1-6H3/i4D3. The van der Waals surface area contributed by atoms with Crippen molar-refractivity contribution in [2.24, 2.45) is 0 Å². The number of rotatable bonds is 4. The van der Waals surface area contributed by atoms with Crippen LogP contribution in [0.5, 0.6) is 0 Å². The molecule has 0 N–H and O–H groups in total. The van der Waals surface area contributed by atoms with Crippen LogP contribution < -0.4 is 4.90 Å². The third-order valence-electron chi connectivity index (χ3n) is 7.07. The third kappa shape index (κ3) is 3.38. The lowest BCUT2D eigenvalue weighted by atomic mass is 9.81. The van der Waals surface area contributed by atoms with Gasteiger partial charge in [0.05, 0.1) is 0 Å². The predicted molar refractivity (Wildman–Crippen MR) is 143 cm³/mol. The zero-order chi connectivity index (χ0) is 25.8. The molecule has 0 saturated heterocycles. The molecule has 0 unspecified atom stereocenters. The number of anilines is 2. The first kappa shape index (κ1) is 18.1. The van der Waals surface area contributed by atoms with Crippen LogP contribution in [0, 0.1) is 13.8 Å². The largest absolute Gasteiger partial charge is 0.338 e. The monoisotopic (exact) mass is 434 g/mol. The highest BCUT2D eigenvalue weighted by Gasteiger charge is 2.35. The van der Waals surface area contributed by atoms with E-state index in [2.05, 4.69) is 106 Å². The summed E-state index contributed by atoms with van der Waals surface area (Å²) >= 11 is 0. The van der Waals surface area contributed by atoms with Gasteiger partial charge in [-0.3, -0.25) is 0 Å². The van der Waals surface area contributed by atoms with Gasteiger partial charge in [0, 0.05) is 32.5 Å². The Labute approximate surface area is 202 Å². The molecule has 5 rings (SSSR count). The Kier molecular flexibility index (Phi) is 4.35. The zero-order valence-electron chi connectivity index (χ0n) is 23.1. The van der Waals surface area contributed by atoms with E-state index in [0.29, 0.717) is 5.56 Å². The second kappa shape index (κ2) is 7.92. The highest BCUT2D eigenvalue weighted by Crippen LogP contribution is 2.51. The molecule has 33 heavy (non-hydrogen) atoms. The molecule has 1 aliphatic carbocycles. The Bertz CT molecular complexity index is 1450. The van der Waals surface area contributed by atoms with Crippen molar-refractivity contribution in [2.75, 3.05) is 4.90 Å². The maximum absolute atomic E-state index is 8.50. The zero-order valence-corrected chi connectivity index (χ0v) is 20.1. The molecule has 0 spiro atoms. The summed E-state index contributed by atoms with van der Waals surface area (Å²) in [6, 6.07) is 29.3. The maximum atomic E-state index is 8.50. The van der Waals surface area contributed by atoms with Gasteiger partial charge in [0.25, 0.3) is 0 Å². The normalized spacial score (nSPS) is 15.4. The minimum atomic E-state index is -2.24. The van der Waals surface area contributed by atoms with E-state index < -0.39 is 6.85 Å². The molecule has 0 saturated carbocycles. The van der Waals surface area contributed by atoms with Crippen LogP contribution in [0.15, 0.2) is 84.9 Å². The molecule has 0 radical (unpaired) electrons. The van der Waals surface area contributed by atoms with Crippen molar-refractivity contribution >= 4 is 11.4 Å². The van der Waals surface area contributed by atoms with E-state index in [-0.39, 0.29) is 11.5 Å². The minimum Gasteiger partial charge on any atom is -0.338 e. The van der Waals surface area contributed by atoms with Gasteiger partial charge in [-0.15, -0.1) is 0 Å². The Morgan fingerprint density at radius 2 is 1.30 bits per heavy atom. The molecular weight excluding hydrogens is 398 g/mol. The van der Waals surface area contributed by atoms with Crippen LogP contribution in [-0.4, -0.2) is 6.04 Å². The second-order valence-corrected chi connectivity index (χ2v) is 9.88. The average molecular weight is 435 g/mol. The second-order valence-electron chi connectivity index (χ2n) is 9.88.